The maximum atomic E-state index is 8.38. The van der Waals surface area contributed by atoms with Crippen molar-refractivity contribution in [3.8, 4) is 0 Å². The van der Waals surface area contributed by atoms with Crippen molar-refractivity contribution >= 4 is 0 Å². The Bertz CT molecular complexity index is 140. The number of allylic oxidation sites excluding steroid dienone is 2. The first-order valence-corrected chi connectivity index (χ1v) is 3.89. The maximum absolute atomic E-state index is 8.38. The van der Waals surface area contributed by atoms with E-state index in [1.54, 1.807) is 0 Å². The van der Waals surface area contributed by atoms with E-state index in [4.69, 9.17) is 5.21 Å². The molecule has 0 aromatic rings. The molecular weight excluding hydrogens is 138 g/mol. The van der Waals surface area contributed by atoms with Gasteiger partial charge in [-0.15, -0.1) is 6.58 Å². The first kappa shape index (κ1) is 10.2. The molecule has 0 aliphatic heterocycles. The van der Waals surface area contributed by atoms with E-state index < -0.39 is 0 Å². The summed E-state index contributed by atoms with van der Waals surface area (Å²) in [5.41, 5.74) is 3.94. The zero-order valence-electron chi connectivity index (χ0n) is 7.19. The summed E-state index contributed by atoms with van der Waals surface area (Å²) in [5.74, 6) is 0. The molecule has 0 aromatic heterocycles. The lowest BCUT2D eigenvalue weighted by atomic mass is 10.1. The molecule has 0 aliphatic rings. The van der Waals surface area contributed by atoms with Gasteiger partial charge >= 0.3 is 0 Å². The van der Waals surface area contributed by atoms with Crippen LogP contribution in [0, 0.1) is 0 Å². The second-order valence-electron chi connectivity index (χ2n) is 2.88. The molecule has 0 fully saturated rings. The van der Waals surface area contributed by atoms with Gasteiger partial charge in [0.2, 0.25) is 0 Å². The summed E-state index contributed by atoms with van der Waals surface area (Å²) in [4.78, 5) is 0. The SMILES string of the molecule is C=C(C)CCCCC(=C)NO. The average Bonchev–Trinajstić information content (AvgIpc) is 1.97. The van der Waals surface area contributed by atoms with Gasteiger partial charge in [-0.05, 0) is 32.6 Å². The predicted molar refractivity (Wildman–Crippen MR) is 47.3 cm³/mol. The van der Waals surface area contributed by atoms with Crippen molar-refractivity contribution in [2.75, 3.05) is 0 Å². The van der Waals surface area contributed by atoms with E-state index in [1.807, 2.05) is 12.4 Å². The molecule has 2 heteroatoms. The summed E-state index contributed by atoms with van der Waals surface area (Å²) in [6.07, 6.45) is 4.08. The van der Waals surface area contributed by atoms with Crippen LogP contribution < -0.4 is 5.48 Å². The van der Waals surface area contributed by atoms with Gasteiger partial charge < -0.3 is 0 Å². The number of hydrogen-bond donors (Lipinski definition) is 2. The Labute approximate surface area is 68.6 Å². The van der Waals surface area contributed by atoms with Crippen LogP contribution in [0.1, 0.15) is 32.6 Å². The van der Waals surface area contributed by atoms with Crippen molar-refractivity contribution in [1.29, 1.82) is 0 Å². The van der Waals surface area contributed by atoms with Crippen LogP contribution >= 0.6 is 0 Å². The smallest absolute Gasteiger partial charge is 0.0304 e. The fourth-order valence-electron chi connectivity index (χ4n) is 0.821. The van der Waals surface area contributed by atoms with E-state index in [9.17, 15) is 0 Å². The number of hydrogen-bond acceptors (Lipinski definition) is 2. The lowest BCUT2D eigenvalue weighted by Crippen LogP contribution is -2.04. The van der Waals surface area contributed by atoms with E-state index >= 15 is 0 Å². The Kier molecular flexibility index (Phi) is 5.57. The second-order valence-corrected chi connectivity index (χ2v) is 2.88. The first-order chi connectivity index (χ1) is 5.16. The quantitative estimate of drug-likeness (QED) is 0.351. The van der Waals surface area contributed by atoms with Gasteiger partial charge in [0.15, 0.2) is 0 Å². The first-order valence-electron chi connectivity index (χ1n) is 3.89. The predicted octanol–water partition coefficient (Wildman–Crippen LogP) is 2.62. The van der Waals surface area contributed by atoms with Crippen molar-refractivity contribution in [1.82, 2.24) is 5.48 Å². The summed E-state index contributed by atoms with van der Waals surface area (Å²) >= 11 is 0. The molecule has 0 saturated carbocycles. The van der Waals surface area contributed by atoms with Crippen LogP contribution in [0.25, 0.3) is 0 Å². The average molecular weight is 155 g/mol. The van der Waals surface area contributed by atoms with E-state index in [2.05, 4.69) is 13.2 Å². The highest BCUT2D eigenvalue weighted by Gasteiger charge is 1.92. The zero-order valence-corrected chi connectivity index (χ0v) is 7.19. The second kappa shape index (κ2) is 5.98. The largest absolute Gasteiger partial charge is 0.291 e. The highest BCUT2D eigenvalue weighted by Crippen LogP contribution is 2.08. The topological polar surface area (TPSA) is 32.3 Å². The van der Waals surface area contributed by atoms with Gasteiger partial charge in [-0.1, -0.05) is 12.2 Å². The molecule has 0 amide bonds. The van der Waals surface area contributed by atoms with Crippen LogP contribution in [0.3, 0.4) is 0 Å². The number of unbranched alkanes of at least 4 members (excludes halogenated alkanes) is 1. The van der Waals surface area contributed by atoms with Crippen molar-refractivity contribution in [2.45, 2.75) is 32.6 Å². The van der Waals surface area contributed by atoms with E-state index in [-0.39, 0.29) is 0 Å². The highest BCUT2D eigenvalue weighted by molar-refractivity contribution is 4.90. The van der Waals surface area contributed by atoms with Crippen molar-refractivity contribution in [3.05, 3.63) is 24.4 Å². The molecule has 0 radical (unpaired) electrons. The molecule has 0 aliphatic carbocycles. The Hall–Kier alpha value is -0.760. The van der Waals surface area contributed by atoms with Crippen LogP contribution in [0.5, 0.6) is 0 Å². The number of nitrogens with one attached hydrogen (secondary N) is 1. The summed E-state index contributed by atoms with van der Waals surface area (Å²) < 4.78 is 0. The zero-order chi connectivity index (χ0) is 8.69. The van der Waals surface area contributed by atoms with Crippen LogP contribution in [0.15, 0.2) is 24.4 Å². The summed E-state index contributed by atoms with van der Waals surface area (Å²) in [7, 11) is 0. The van der Waals surface area contributed by atoms with Gasteiger partial charge in [-0.3, -0.25) is 10.7 Å². The molecule has 0 unspecified atom stereocenters. The lowest BCUT2D eigenvalue weighted by molar-refractivity contribution is 0.196. The van der Waals surface area contributed by atoms with Gasteiger partial charge in [0.25, 0.3) is 0 Å². The summed E-state index contributed by atoms with van der Waals surface area (Å²) in [6, 6.07) is 0. The molecule has 0 saturated heterocycles. The van der Waals surface area contributed by atoms with Crippen LogP contribution in [-0.2, 0) is 0 Å². The standard InChI is InChI=1S/C9H17NO/c1-8(2)6-4-5-7-9(3)10-11/h10-11H,1,3-7H2,2H3. The van der Waals surface area contributed by atoms with Crippen LogP contribution in [0.2, 0.25) is 0 Å². The van der Waals surface area contributed by atoms with E-state index in [0.717, 1.165) is 25.7 Å². The van der Waals surface area contributed by atoms with E-state index in [0.29, 0.717) is 5.70 Å². The molecule has 2 N–H and O–H groups in total. The van der Waals surface area contributed by atoms with Gasteiger partial charge in [0.05, 0.1) is 0 Å². The fourth-order valence-corrected chi connectivity index (χ4v) is 0.821. The Morgan fingerprint density at radius 3 is 2.27 bits per heavy atom. The Morgan fingerprint density at radius 1 is 1.27 bits per heavy atom. The van der Waals surface area contributed by atoms with Gasteiger partial charge in [0.1, 0.15) is 0 Å². The Balaban J connectivity index is 3.14. The third-order valence-electron chi connectivity index (χ3n) is 1.49. The van der Waals surface area contributed by atoms with Gasteiger partial charge in [-0.25, -0.2) is 0 Å². The Morgan fingerprint density at radius 2 is 1.82 bits per heavy atom. The molecule has 0 heterocycles. The molecule has 0 spiro atoms. The molecule has 0 aromatic carbocycles. The monoisotopic (exact) mass is 155 g/mol. The fraction of sp³-hybridized carbons (Fsp3) is 0.556. The normalized spacial score (nSPS) is 9.27. The van der Waals surface area contributed by atoms with Crippen molar-refractivity contribution in [2.24, 2.45) is 0 Å². The lowest BCUT2D eigenvalue weighted by Gasteiger charge is -2.02. The van der Waals surface area contributed by atoms with Crippen molar-refractivity contribution in [3.63, 3.8) is 0 Å². The summed E-state index contributed by atoms with van der Waals surface area (Å²) in [6.45, 7) is 9.44. The summed E-state index contributed by atoms with van der Waals surface area (Å²) in [5, 5.41) is 8.38. The molecule has 0 bridgehead atoms. The van der Waals surface area contributed by atoms with Gasteiger partial charge in [0, 0.05) is 5.70 Å². The molecule has 64 valence electrons. The minimum absolute atomic E-state index is 0.687. The highest BCUT2D eigenvalue weighted by atomic mass is 16.5. The van der Waals surface area contributed by atoms with Crippen LogP contribution in [-0.4, -0.2) is 5.21 Å². The maximum Gasteiger partial charge on any atom is 0.0304 e. The third-order valence-corrected chi connectivity index (χ3v) is 1.49. The number of hydroxylamine groups is 1. The molecule has 2 nitrogen and oxygen atoms in total. The molecule has 0 rings (SSSR count). The minimum Gasteiger partial charge on any atom is -0.291 e. The van der Waals surface area contributed by atoms with Crippen LogP contribution in [0.4, 0.5) is 0 Å². The molecule has 0 atom stereocenters. The molecular formula is C9H17NO. The van der Waals surface area contributed by atoms with E-state index in [1.165, 1.54) is 5.57 Å². The third kappa shape index (κ3) is 7.13. The van der Waals surface area contributed by atoms with Crippen molar-refractivity contribution < 1.29 is 5.21 Å². The van der Waals surface area contributed by atoms with Gasteiger partial charge in [-0.2, -0.15) is 0 Å². The number of rotatable bonds is 6. The molecule has 11 heavy (non-hydrogen) atoms. The minimum atomic E-state index is 0.687.